The molecule has 2 rings (SSSR count). The highest BCUT2D eigenvalue weighted by Gasteiger charge is 2.40. The summed E-state index contributed by atoms with van der Waals surface area (Å²) in [5, 5.41) is 2.96. The van der Waals surface area contributed by atoms with E-state index in [1.807, 2.05) is 19.9 Å². The Morgan fingerprint density at radius 1 is 1.33 bits per heavy atom. The van der Waals surface area contributed by atoms with Crippen molar-refractivity contribution in [3.8, 4) is 0 Å². The molecule has 1 heterocycles. The fourth-order valence-electron chi connectivity index (χ4n) is 3.21. The molecule has 1 aromatic rings. The van der Waals surface area contributed by atoms with Crippen molar-refractivity contribution in [3.05, 3.63) is 35.6 Å². The van der Waals surface area contributed by atoms with Crippen LogP contribution in [0.1, 0.15) is 45.1 Å². The van der Waals surface area contributed by atoms with E-state index in [0.717, 1.165) is 18.4 Å². The van der Waals surface area contributed by atoms with Gasteiger partial charge in [-0.25, -0.2) is 4.39 Å². The Kier molecular flexibility index (Phi) is 6.35. The van der Waals surface area contributed by atoms with Crippen LogP contribution in [0.4, 0.5) is 4.39 Å². The maximum Gasteiger partial charge on any atom is 0.225 e. The maximum atomic E-state index is 13.6. The minimum atomic E-state index is -0.327. The van der Waals surface area contributed by atoms with Crippen molar-refractivity contribution in [2.24, 2.45) is 11.8 Å². The number of carbonyl (C=O) groups excluding carboxylic acids is 2. The van der Waals surface area contributed by atoms with Crippen LogP contribution < -0.4 is 5.32 Å². The van der Waals surface area contributed by atoms with Crippen molar-refractivity contribution in [3.63, 3.8) is 0 Å². The maximum absolute atomic E-state index is 13.6. The molecule has 1 saturated heterocycles. The Balaban J connectivity index is 2.19. The van der Waals surface area contributed by atoms with Crippen LogP contribution in [-0.4, -0.2) is 36.3 Å². The zero-order valence-corrected chi connectivity index (χ0v) is 14.7. The summed E-state index contributed by atoms with van der Waals surface area (Å²) in [6.07, 6.45) is 1.94. The molecule has 1 N–H and O–H groups in total. The van der Waals surface area contributed by atoms with Crippen LogP contribution in [0.25, 0.3) is 0 Å². The second-order valence-electron chi connectivity index (χ2n) is 6.81. The summed E-state index contributed by atoms with van der Waals surface area (Å²) >= 11 is 0. The third kappa shape index (κ3) is 4.34. The molecule has 5 heteroatoms. The zero-order valence-electron chi connectivity index (χ0n) is 14.7. The SMILES string of the molecule is CCCCNC(=O)[C@@H]1CN(C(=O)C(C)C)C[C@H]1c1cccc(F)c1. The number of amides is 2. The quantitative estimate of drug-likeness (QED) is 0.813. The summed E-state index contributed by atoms with van der Waals surface area (Å²) in [4.78, 5) is 26.7. The predicted molar refractivity (Wildman–Crippen MR) is 92.0 cm³/mol. The van der Waals surface area contributed by atoms with Crippen LogP contribution >= 0.6 is 0 Å². The molecular formula is C19H27FN2O2. The first-order chi connectivity index (χ1) is 11.4. The number of benzene rings is 1. The number of rotatable bonds is 6. The third-order valence-electron chi connectivity index (χ3n) is 4.57. The number of likely N-dealkylation sites (tertiary alicyclic amines) is 1. The highest BCUT2D eigenvalue weighted by atomic mass is 19.1. The molecule has 2 amide bonds. The van der Waals surface area contributed by atoms with Gasteiger partial charge >= 0.3 is 0 Å². The highest BCUT2D eigenvalue weighted by Crippen LogP contribution is 2.34. The first-order valence-electron chi connectivity index (χ1n) is 8.76. The molecule has 0 spiro atoms. The van der Waals surface area contributed by atoms with E-state index in [9.17, 15) is 14.0 Å². The average molecular weight is 334 g/mol. The molecule has 0 aromatic heterocycles. The Morgan fingerprint density at radius 3 is 2.71 bits per heavy atom. The van der Waals surface area contributed by atoms with E-state index in [1.165, 1.54) is 12.1 Å². The molecular weight excluding hydrogens is 307 g/mol. The van der Waals surface area contributed by atoms with E-state index in [0.29, 0.717) is 19.6 Å². The van der Waals surface area contributed by atoms with E-state index in [2.05, 4.69) is 12.2 Å². The van der Waals surface area contributed by atoms with Gasteiger partial charge < -0.3 is 10.2 Å². The van der Waals surface area contributed by atoms with Crippen molar-refractivity contribution in [1.82, 2.24) is 10.2 Å². The van der Waals surface area contributed by atoms with Gasteiger partial charge in [0.05, 0.1) is 5.92 Å². The molecule has 1 fully saturated rings. The van der Waals surface area contributed by atoms with Gasteiger partial charge in [-0.1, -0.05) is 39.3 Å². The molecule has 132 valence electrons. The molecule has 1 aliphatic rings. The van der Waals surface area contributed by atoms with Crippen LogP contribution in [0, 0.1) is 17.7 Å². The number of nitrogens with zero attached hydrogens (tertiary/aromatic N) is 1. The van der Waals surface area contributed by atoms with Gasteiger partial charge in [-0.3, -0.25) is 9.59 Å². The lowest BCUT2D eigenvalue weighted by Gasteiger charge is -2.18. The Hall–Kier alpha value is -1.91. The smallest absolute Gasteiger partial charge is 0.225 e. The normalized spacial score (nSPS) is 20.5. The zero-order chi connectivity index (χ0) is 17.7. The second-order valence-corrected chi connectivity index (χ2v) is 6.81. The fraction of sp³-hybridized carbons (Fsp3) is 0.579. The molecule has 0 aliphatic carbocycles. The monoisotopic (exact) mass is 334 g/mol. The van der Waals surface area contributed by atoms with Gasteiger partial charge in [0, 0.05) is 31.5 Å². The fourth-order valence-corrected chi connectivity index (χ4v) is 3.21. The van der Waals surface area contributed by atoms with Gasteiger partial charge in [-0.2, -0.15) is 0 Å². The summed E-state index contributed by atoms with van der Waals surface area (Å²) < 4.78 is 13.6. The average Bonchev–Trinajstić information content (AvgIpc) is 2.99. The largest absolute Gasteiger partial charge is 0.356 e. The molecule has 0 bridgehead atoms. The number of hydrogen-bond donors (Lipinski definition) is 1. The van der Waals surface area contributed by atoms with Crippen molar-refractivity contribution in [2.45, 2.75) is 39.5 Å². The summed E-state index contributed by atoms with van der Waals surface area (Å²) in [5.41, 5.74) is 0.782. The lowest BCUT2D eigenvalue weighted by molar-refractivity contribution is -0.133. The van der Waals surface area contributed by atoms with Gasteiger partial charge in [0.25, 0.3) is 0 Å². The highest BCUT2D eigenvalue weighted by molar-refractivity contribution is 5.84. The number of hydrogen-bond acceptors (Lipinski definition) is 2. The minimum absolute atomic E-state index is 0.0419. The second kappa shape index (κ2) is 8.27. The van der Waals surface area contributed by atoms with Gasteiger partial charge in [0.2, 0.25) is 11.8 Å². The molecule has 0 radical (unpaired) electrons. The van der Waals surface area contributed by atoms with Crippen molar-refractivity contribution in [1.29, 1.82) is 0 Å². The number of nitrogens with one attached hydrogen (secondary N) is 1. The topological polar surface area (TPSA) is 49.4 Å². The van der Waals surface area contributed by atoms with Crippen LogP contribution in [0.5, 0.6) is 0 Å². The van der Waals surface area contributed by atoms with Gasteiger partial charge in [0.15, 0.2) is 0 Å². The summed E-state index contributed by atoms with van der Waals surface area (Å²) in [6, 6.07) is 6.36. The van der Waals surface area contributed by atoms with E-state index in [4.69, 9.17) is 0 Å². The third-order valence-corrected chi connectivity index (χ3v) is 4.57. The molecule has 0 saturated carbocycles. The van der Waals surface area contributed by atoms with Crippen LogP contribution in [0.3, 0.4) is 0 Å². The van der Waals surface area contributed by atoms with Crippen molar-refractivity contribution in [2.75, 3.05) is 19.6 Å². The van der Waals surface area contributed by atoms with Crippen LogP contribution in [0.15, 0.2) is 24.3 Å². The molecule has 4 nitrogen and oxygen atoms in total. The molecule has 24 heavy (non-hydrogen) atoms. The molecule has 0 unspecified atom stereocenters. The number of unbranched alkanes of at least 4 members (excludes halogenated alkanes) is 1. The Bertz CT molecular complexity index is 588. The number of carbonyl (C=O) groups is 2. The Morgan fingerprint density at radius 2 is 2.08 bits per heavy atom. The van der Waals surface area contributed by atoms with Gasteiger partial charge in [0.1, 0.15) is 5.82 Å². The Labute approximate surface area is 143 Å². The minimum Gasteiger partial charge on any atom is -0.356 e. The van der Waals surface area contributed by atoms with Crippen LogP contribution in [-0.2, 0) is 9.59 Å². The lowest BCUT2D eigenvalue weighted by Crippen LogP contribution is -2.36. The predicted octanol–water partition coefficient (Wildman–Crippen LogP) is 2.94. The standard InChI is InChI=1S/C19H27FN2O2/c1-4-5-9-21-18(23)17-12-22(19(24)13(2)3)11-16(17)14-7-6-8-15(20)10-14/h6-8,10,13,16-17H,4-5,9,11-12H2,1-3H3,(H,21,23)/t16-,17+/m0/s1. The van der Waals surface area contributed by atoms with E-state index < -0.39 is 0 Å². The van der Waals surface area contributed by atoms with E-state index >= 15 is 0 Å². The van der Waals surface area contributed by atoms with Crippen LogP contribution in [0.2, 0.25) is 0 Å². The summed E-state index contributed by atoms with van der Waals surface area (Å²) in [6.45, 7) is 7.28. The first kappa shape index (κ1) is 18.4. The molecule has 1 aromatic carbocycles. The summed E-state index contributed by atoms with van der Waals surface area (Å²) in [5.74, 6) is -0.917. The number of halogens is 1. The van der Waals surface area contributed by atoms with Crippen molar-refractivity contribution >= 4 is 11.8 Å². The van der Waals surface area contributed by atoms with Gasteiger partial charge in [-0.15, -0.1) is 0 Å². The summed E-state index contributed by atoms with van der Waals surface area (Å²) in [7, 11) is 0. The van der Waals surface area contributed by atoms with E-state index in [1.54, 1.807) is 11.0 Å². The lowest BCUT2D eigenvalue weighted by atomic mass is 9.88. The van der Waals surface area contributed by atoms with Gasteiger partial charge in [-0.05, 0) is 24.1 Å². The first-order valence-corrected chi connectivity index (χ1v) is 8.76. The molecule has 2 atom stereocenters. The van der Waals surface area contributed by atoms with E-state index in [-0.39, 0.29) is 35.4 Å². The molecule has 1 aliphatic heterocycles. The van der Waals surface area contributed by atoms with Crippen molar-refractivity contribution < 1.29 is 14.0 Å².